The topological polar surface area (TPSA) is 83.5 Å². The number of sulfonamides is 1. The smallest absolute Gasteiger partial charge is 0.307 e. The molecule has 0 fully saturated rings. The highest BCUT2D eigenvalue weighted by Crippen LogP contribution is 2.15. The Labute approximate surface area is 113 Å². The fourth-order valence-electron chi connectivity index (χ4n) is 1.45. The molecule has 0 aliphatic heterocycles. The van der Waals surface area contributed by atoms with Gasteiger partial charge in [-0.1, -0.05) is 24.3 Å². The zero-order valence-corrected chi connectivity index (χ0v) is 12.1. The fraction of sp³-hybridized carbons (Fsp3) is 0.462. The lowest BCUT2D eigenvalue weighted by Gasteiger charge is -2.20. The number of hydrogen-bond donors (Lipinski definition) is 2. The van der Waals surface area contributed by atoms with Crippen molar-refractivity contribution in [3.63, 3.8) is 0 Å². The van der Waals surface area contributed by atoms with E-state index in [2.05, 4.69) is 4.72 Å². The number of benzene rings is 1. The van der Waals surface area contributed by atoms with E-state index in [-0.39, 0.29) is 13.0 Å². The molecule has 0 unspecified atom stereocenters. The number of rotatable bonds is 5. The first-order valence-corrected chi connectivity index (χ1v) is 7.39. The molecule has 6 heteroatoms. The lowest BCUT2D eigenvalue weighted by Crippen LogP contribution is -2.39. The SMILES string of the molecule is CC(C)(C)S(=O)(=O)NCc1ccccc1CC(=O)O. The minimum Gasteiger partial charge on any atom is -0.481 e. The molecule has 19 heavy (non-hydrogen) atoms. The van der Waals surface area contributed by atoms with Crippen molar-refractivity contribution in [2.75, 3.05) is 0 Å². The van der Waals surface area contributed by atoms with Crippen LogP contribution in [0.2, 0.25) is 0 Å². The number of aliphatic carboxylic acids is 1. The van der Waals surface area contributed by atoms with E-state index in [1.165, 1.54) is 0 Å². The van der Waals surface area contributed by atoms with Crippen LogP contribution in [0.3, 0.4) is 0 Å². The molecule has 5 nitrogen and oxygen atoms in total. The summed E-state index contributed by atoms with van der Waals surface area (Å²) in [6.45, 7) is 4.93. The van der Waals surface area contributed by atoms with Gasteiger partial charge in [0.15, 0.2) is 0 Å². The van der Waals surface area contributed by atoms with Gasteiger partial charge in [-0.15, -0.1) is 0 Å². The summed E-state index contributed by atoms with van der Waals surface area (Å²) in [5, 5.41) is 8.81. The van der Waals surface area contributed by atoms with Gasteiger partial charge in [0.25, 0.3) is 0 Å². The zero-order valence-electron chi connectivity index (χ0n) is 11.3. The average Bonchev–Trinajstić information content (AvgIpc) is 2.25. The summed E-state index contributed by atoms with van der Waals surface area (Å²) in [5.74, 6) is -0.939. The normalized spacial score (nSPS) is 12.4. The van der Waals surface area contributed by atoms with Gasteiger partial charge in [-0.05, 0) is 31.9 Å². The van der Waals surface area contributed by atoms with Crippen molar-refractivity contribution in [1.29, 1.82) is 0 Å². The molecule has 0 heterocycles. The summed E-state index contributed by atoms with van der Waals surface area (Å²) in [5.41, 5.74) is 1.30. The van der Waals surface area contributed by atoms with Crippen molar-refractivity contribution in [3.8, 4) is 0 Å². The third kappa shape index (κ3) is 4.33. The highest BCUT2D eigenvalue weighted by Gasteiger charge is 2.28. The first-order chi connectivity index (χ1) is 8.63. The van der Waals surface area contributed by atoms with Crippen LogP contribution in [0.15, 0.2) is 24.3 Å². The summed E-state index contributed by atoms with van der Waals surface area (Å²) in [6.07, 6.45) is -0.118. The van der Waals surface area contributed by atoms with E-state index >= 15 is 0 Å². The Balaban J connectivity index is 2.87. The minimum absolute atomic E-state index is 0.100. The molecule has 0 aliphatic rings. The molecule has 1 aromatic rings. The van der Waals surface area contributed by atoms with Crippen LogP contribution in [0.1, 0.15) is 31.9 Å². The molecular formula is C13H19NO4S. The molecule has 0 spiro atoms. The number of hydrogen-bond acceptors (Lipinski definition) is 3. The largest absolute Gasteiger partial charge is 0.481 e. The van der Waals surface area contributed by atoms with Crippen LogP contribution >= 0.6 is 0 Å². The third-order valence-corrected chi connectivity index (χ3v) is 4.86. The highest BCUT2D eigenvalue weighted by molar-refractivity contribution is 7.90. The van der Waals surface area contributed by atoms with E-state index in [0.717, 1.165) is 0 Å². The molecule has 2 N–H and O–H groups in total. The molecule has 1 aromatic carbocycles. The second-order valence-corrected chi connectivity index (χ2v) is 7.80. The van der Waals surface area contributed by atoms with E-state index in [1.54, 1.807) is 45.0 Å². The Hall–Kier alpha value is -1.40. The van der Waals surface area contributed by atoms with Gasteiger partial charge in [0, 0.05) is 6.54 Å². The van der Waals surface area contributed by atoms with E-state index in [1.807, 2.05) is 0 Å². The summed E-state index contributed by atoms with van der Waals surface area (Å²) in [7, 11) is -3.44. The van der Waals surface area contributed by atoms with Gasteiger partial charge in [-0.25, -0.2) is 13.1 Å². The van der Waals surface area contributed by atoms with Crippen molar-refractivity contribution in [3.05, 3.63) is 35.4 Å². The van der Waals surface area contributed by atoms with Gasteiger partial charge in [-0.3, -0.25) is 4.79 Å². The number of carboxylic acid groups (broad SMARTS) is 1. The molecule has 0 aromatic heterocycles. The Morgan fingerprint density at radius 1 is 1.21 bits per heavy atom. The van der Waals surface area contributed by atoms with Crippen LogP contribution in [-0.4, -0.2) is 24.2 Å². The number of carbonyl (C=O) groups is 1. The average molecular weight is 285 g/mol. The molecule has 106 valence electrons. The minimum atomic E-state index is -3.44. The molecule has 0 bridgehead atoms. The first-order valence-electron chi connectivity index (χ1n) is 5.91. The van der Waals surface area contributed by atoms with Crippen molar-refractivity contribution in [2.45, 2.75) is 38.5 Å². The number of nitrogens with one attached hydrogen (secondary N) is 1. The zero-order chi connectivity index (χ0) is 14.7. The van der Waals surface area contributed by atoms with Crippen LogP contribution in [0, 0.1) is 0 Å². The summed E-state index contributed by atoms with van der Waals surface area (Å²) in [4.78, 5) is 10.7. The molecule has 0 amide bonds. The van der Waals surface area contributed by atoms with Gasteiger partial charge in [0.1, 0.15) is 0 Å². The fourth-order valence-corrected chi connectivity index (χ4v) is 2.23. The maximum atomic E-state index is 11.9. The predicted molar refractivity (Wildman–Crippen MR) is 73.3 cm³/mol. The highest BCUT2D eigenvalue weighted by atomic mass is 32.2. The molecule has 0 saturated carbocycles. The Bertz CT molecular complexity index is 558. The summed E-state index contributed by atoms with van der Waals surface area (Å²) >= 11 is 0. The third-order valence-electron chi connectivity index (χ3n) is 2.72. The lowest BCUT2D eigenvalue weighted by atomic mass is 10.1. The molecule has 1 rings (SSSR count). The van der Waals surface area contributed by atoms with Gasteiger partial charge in [0.2, 0.25) is 10.0 Å². The summed E-state index contributed by atoms with van der Waals surface area (Å²) in [6, 6.07) is 6.91. The van der Waals surface area contributed by atoms with Crippen molar-refractivity contribution in [2.24, 2.45) is 0 Å². The summed E-state index contributed by atoms with van der Waals surface area (Å²) < 4.78 is 25.5. The van der Waals surface area contributed by atoms with Gasteiger partial charge in [-0.2, -0.15) is 0 Å². The van der Waals surface area contributed by atoms with E-state index in [4.69, 9.17) is 5.11 Å². The lowest BCUT2D eigenvalue weighted by molar-refractivity contribution is -0.136. The molecule has 0 atom stereocenters. The van der Waals surface area contributed by atoms with Crippen LogP contribution in [0.4, 0.5) is 0 Å². The van der Waals surface area contributed by atoms with Crippen LogP contribution in [0.25, 0.3) is 0 Å². The van der Waals surface area contributed by atoms with E-state index in [0.29, 0.717) is 11.1 Å². The first kappa shape index (κ1) is 15.7. The van der Waals surface area contributed by atoms with Crippen LogP contribution < -0.4 is 4.72 Å². The van der Waals surface area contributed by atoms with E-state index < -0.39 is 20.7 Å². The standard InChI is InChI=1S/C13H19NO4S/c1-13(2,3)19(17,18)14-9-11-7-5-4-6-10(11)8-12(15)16/h4-7,14H,8-9H2,1-3H3,(H,15,16). The Kier molecular flexibility index (Phi) is 4.70. The molecule has 0 aliphatic carbocycles. The van der Waals surface area contributed by atoms with Crippen molar-refractivity contribution >= 4 is 16.0 Å². The molecule has 0 radical (unpaired) electrons. The maximum absolute atomic E-state index is 11.9. The van der Waals surface area contributed by atoms with Crippen molar-refractivity contribution in [1.82, 2.24) is 4.72 Å². The van der Waals surface area contributed by atoms with E-state index in [9.17, 15) is 13.2 Å². The quantitative estimate of drug-likeness (QED) is 0.859. The van der Waals surface area contributed by atoms with Gasteiger partial charge >= 0.3 is 5.97 Å². The predicted octanol–water partition coefficient (Wildman–Crippen LogP) is 1.53. The maximum Gasteiger partial charge on any atom is 0.307 e. The van der Waals surface area contributed by atoms with Gasteiger partial charge < -0.3 is 5.11 Å². The molecule has 0 saturated heterocycles. The Morgan fingerprint density at radius 3 is 2.21 bits per heavy atom. The molecular weight excluding hydrogens is 266 g/mol. The number of carboxylic acids is 1. The van der Waals surface area contributed by atoms with Crippen LogP contribution in [0.5, 0.6) is 0 Å². The van der Waals surface area contributed by atoms with Gasteiger partial charge in [0.05, 0.1) is 11.2 Å². The van der Waals surface area contributed by atoms with Crippen molar-refractivity contribution < 1.29 is 18.3 Å². The monoisotopic (exact) mass is 285 g/mol. The second kappa shape index (κ2) is 5.71. The van der Waals surface area contributed by atoms with Crippen LogP contribution in [-0.2, 0) is 27.8 Å². The second-order valence-electron chi connectivity index (χ2n) is 5.28. The Morgan fingerprint density at radius 2 is 1.74 bits per heavy atom.